The van der Waals surface area contributed by atoms with E-state index in [9.17, 15) is 0 Å². The molecule has 0 unspecified atom stereocenters. The van der Waals surface area contributed by atoms with E-state index in [1.807, 2.05) is 12.2 Å². The lowest BCUT2D eigenvalue weighted by molar-refractivity contribution is 1.48. The van der Waals surface area contributed by atoms with E-state index in [0.717, 1.165) is 5.56 Å². The van der Waals surface area contributed by atoms with Crippen LogP contribution >= 0.6 is 12.6 Å². The first-order valence-electron chi connectivity index (χ1n) is 3.85. The molecule has 66 valence electrons. The van der Waals surface area contributed by atoms with Crippen LogP contribution in [0.5, 0.6) is 0 Å². The highest BCUT2D eigenvalue weighted by molar-refractivity contribution is 7.80. The predicted molar refractivity (Wildman–Crippen MR) is 58.5 cm³/mol. The summed E-state index contributed by atoms with van der Waals surface area (Å²) < 4.78 is 0. The van der Waals surface area contributed by atoms with Gasteiger partial charge in [0.25, 0.3) is 0 Å². The topological polar surface area (TPSA) is 49.8 Å². The van der Waals surface area contributed by atoms with E-state index in [2.05, 4.69) is 18.7 Å². The van der Waals surface area contributed by atoms with Crippen molar-refractivity contribution in [3.63, 3.8) is 0 Å². The molecule has 0 fully saturated rings. The smallest absolute Gasteiger partial charge is 0.0991 e. The second-order valence-electron chi connectivity index (χ2n) is 2.54. The molecule has 1 aromatic carbocycles. The third-order valence-corrected chi connectivity index (χ3v) is 1.83. The summed E-state index contributed by atoms with van der Waals surface area (Å²) in [6.45, 7) is 0. The minimum Gasteiger partial charge on any atom is -0.398 e. The molecule has 0 saturated heterocycles. The monoisotopic (exact) mass is 190 g/mol. The molecular formula is C10H10N2S. The lowest BCUT2D eigenvalue weighted by atomic mass is 10.1. The Morgan fingerprint density at radius 2 is 2.31 bits per heavy atom. The fourth-order valence-corrected chi connectivity index (χ4v) is 1.07. The van der Waals surface area contributed by atoms with Gasteiger partial charge in [0.15, 0.2) is 0 Å². The number of nitrogen functional groups attached to an aromatic ring is 1. The fraction of sp³-hybridized carbons (Fsp3) is 0.100. The number of rotatable bonds is 2. The maximum Gasteiger partial charge on any atom is 0.0991 e. The van der Waals surface area contributed by atoms with Crippen molar-refractivity contribution in [3.8, 4) is 6.07 Å². The van der Waals surface area contributed by atoms with Gasteiger partial charge in [0, 0.05) is 11.4 Å². The summed E-state index contributed by atoms with van der Waals surface area (Å²) in [5.74, 6) is 0.663. The van der Waals surface area contributed by atoms with Crippen molar-refractivity contribution in [1.82, 2.24) is 0 Å². The molecule has 0 aliphatic rings. The highest BCUT2D eigenvalue weighted by Gasteiger charge is 1.96. The SMILES string of the molecule is N#Cc1ccc(N)c(C=CCS)c1. The Labute approximate surface area is 83.1 Å². The maximum absolute atomic E-state index is 8.65. The zero-order valence-electron chi connectivity index (χ0n) is 7.07. The molecule has 13 heavy (non-hydrogen) atoms. The van der Waals surface area contributed by atoms with Gasteiger partial charge < -0.3 is 5.73 Å². The van der Waals surface area contributed by atoms with Gasteiger partial charge in [-0.05, 0) is 23.8 Å². The third kappa shape index (κ3) is 2.53. The molecule has 0 aliphatic carbocycles. The highest BCUT2D eigenvalue weighted by Crippen LogP contribution is 2.15. The van der Waals surface area contributed by atoms with Gasteiger partial charge in [-0.15, -0.1) is 0 Å². The van der Waals surface area contributed by atoms with E-state index in [4.69, 9.17) is 11.0 Å². The number of nitrogens with two attached hydrogens (primary N) is 1. The summed E-state index contributed by atoms with van der Waals surface area (Å²) >= 11 is 4.04. The van der Waals surface area contributed by atoms with Crippen molar-refractivity contribution in [1.29, 1.82) is 5.26 Å². The Balaban J connectivity index is 3.06. The fourth-order valence-electron chi connectivity index (χ4n) is 0.968. The van der Waals surface area contributed by atoms with Crippen LogP contribution in [0.15, 0.2) is 24.3 Å². The minimum atomic E-state index is 0.619. The molecule has 0 bridgehead atoms. The predicted octanol–water partition coefficient (Wildman–Crippen LogP) is 2.08. The summed E-state index contributed by atoms with van der Waals surface area (Å²) in [5.41, 5.74) is 7.86. The van der Waals surface area contributed by atoms with Crippen molar-refractivity contribution in [3.05, 3.63) is 35.4 Å². The second kappa shape index (κ2) is 4.58. The molecule has 0 saturated carbocycles. The largest absolute Gasteiger partial charge is 0.398 e. The number of nitrogens with zero attached hydrogens (tertiary/aromatic N) is 1. The van der Waals surface area contributed by atoms with E-state index in [-0.39, 0.29) is 0 Å². The Bertz CT molecular complexity index is 364. The maximum atomic E-state index is 8.65. The summed E-state index contributed by atoms with van der Waals surface area (Å²) in [5, 5.41) is 8.65. The summed E-state index contributed by atoms with van der Waals surface area (Å²) in [4.78, 5) is 0. The van der Waals surface area contributed by atoms with E-state index < -0.39 is 0 Å². The number of nitriles is 1. The second-order valence-corrected chi connectivity index (χ2v) is 2.91. The van der Waals surface area contributed by atoms with E-state index in [1.165, 1.54) is 0 Å². The number of hydrogen-bond acceptors (Lipinski definition) is 3. The van der Waals surface area contributed by atoms with Crippen molar-refractivity contribution >= 4 is 24.4 Å². The number of thiol groups is 1. The van der Waals surface area contributed by atoms with Crippen LogP contribution < -0.4 is 5.73 Å². The molecule has 0 spiro atoms. The van der Waals surface area contributed by atoms with Gasteiger partial charge in [-0.2, -0.15) is 17.9 Å². The van der Waals surface area contributed by atoms with Crippen LogP contribution in [0.2, 0.25) is 0 Å². The minimum absolute atomic E-state index is 0.619. The Morgan fingerprint density at radius 1 is 1.54 bits per heavy atom. The number of benzene rings is 1. The van der Waals surface area contributed by atoms with Crippen molar-refractivity contribution in [2.45, 2.75) is 0 Å². The van der Waals surface area contributed by atoms with Crippen molar-refractivity contribution in [2.24, 2.45) is 0 Å². The first kappa shape index (κ1) is 9.69. The molecule has 0 aromatic heterocycles. The Morgan fingerprint density at radius 3 is 2.92 bits per heavy atom. The van der Waals surface area contributed by atoms with Crippen LogP contribution in [0, 0.1) is 11.3 Å². The van der Waals surface area contributed by atoms with E-state index in [0.29, 0.717) is 17.0 Å². The Kier molecular flexibility index (Phi) is 3.41. The van der Waals surface area contributed by atoms with Gasteiger partial charge in [-0.25, -0.2) is 0 Å². The van der Waals surface area contributed by atoms with Crippen LogP contribution in [0.1, 0.15) is 11.1 Å². The van der Waals surface area contributed by atoms with Gasteiger partial charge in [0.2, 0.25) is 0 Å². The molecule has 1 aromatic rings. The number of anilines is 1. The highest BCUT2D eigenvalue weighted by atomic mass is 32.1. The summed E-state index contributed by atoms with van der Waals surface area (Å²) in [6.07, 6.45) is 3.75. The lowest BCUT2D eigenvalue weighted by Gasteiger charge is -1.99. The molecule has 3 heteroatoms. The van der Waals surface area contributed by atoms with Crippen molar-refractivity contribution < 1.29 is 0 Å². The van der Waals surface area contributed by atoms with E-state index in [1.54, 1.807) is 18.2 Å². The van der Waals surface area contributed by atoms with Crippen LogP contribution in [0.3, 0.4) is 0 Å². The lowest BCUT2D eigenvalue weighted by Crippen LogP contribution is -1.89. The zero-order valence-corrected chi connectivity index (χ0v) is 7.96. The summed E-state index contributed by atoms with van der Waals surface area (Å²) in [6, 6.07) is 7.26. The zero-order chi connectivity index (χ0) is 9.68. The third-order valence-electron chi connectivity index (χ3n) is 1.62. The van der Waals surface area contributed by atoms with Gasteiger partial charge in [0.1, 0.15) is 0 Å². The van der Waals surface area contributed by atoms with Crippen LogP contribution in [-0.2, 0) is 0 Å². The van der Waals surface area contributed by atoms with Crippen molar-refractivity contribution in [2.75, 3.05) is 11.5 Å². The average molecular weight is 190 g/mol. The van der Waals surface area contributed by atoms with Gasteiger partial charge in [0.05, 0.1) is 11.6 Å². The standard InChI is InChI=1S/C10H10N2S/c11-7-8-3-4-10(12)9(6-8)2-1-5-13/h1-4,6,13H,5,12H2. The molecule has 0 atom stereocenters. The first-order chi connectivity index (χ1) is 6.27. The van der Waals surface area contributed by atoms with Gasteiger partial charge in [-0.3, -0.25) is 0 Å². The first-order valence-corrected chi connectivity index (χ1v) is 4.48. The molecule has 0 radical (unpaired) electrons. The van der Waals surface area contributed by atoms with Crippen LogP contribution in [0.4, 0.5) is 5.69 Å². The molecule has 0 heterocycles. The van der Waals surface area contributed by atoms with Crippen LogP contribution in [-0.4, -0.2) is 5.75 Å². The number of hydrogen-bond donors (Lipinski definition) is 2. The molecule has 2 nitrogen and oxygen atoms in total. The quantitative estimate of drug-likeness (QED) is 0.554. The molecule has 0 amide bonds. The molecule has 2 N–H and O–H groups in total. The molecule has 1 rings (SSSR count). The van der Waals surface area contributed by atoms with Crippen LogP contribution in [0.25, 0.3) is 6.08 Å². The van der Waals surface area contributed by atoms with Gasteiger partial charge >= 0.3 is 0 Å². The average Bonchev–Trinajstić information content (AvgIpc) is 2.17. The van der Waals surface area contributed by atoms with E-state index >= 15 is 0 Å². The summed E-state index contributed by atoms with van der Waals surface area (Å²) in [7, 11) is 0. The molecular weight excluding hydrogens is 180 g/mol. The normalized spacial score (nSPS) is 10.2. The van der Waals surface area contributed by atoms with Gasteiger partial charge in [-0.1, -0.05) is 12.2 Å². The molecule has 0 aliphatic heterocycles. The Hall–Kier alpha value is -1.40.